The zero-order chi connectivity index (χ0) is 14.5. The minimum atomic E-state index is -0.605. The minimum absolute atomic E-state index is 0.605. The van der Waals surface area contributed by atoms with E-state index in [0.29, 0.717) is 0 Å². The monoisotopic (exact) mass is 296 g/mol. The Hall–Kier alpha value is -1.38. The molecule has 0 bridgehead atoms. The second kappa shape index (κ2) is 7.06. The summed E-state index contributed by atoms with van der Waals surface area (Å²) >= 11 is 0. The van der Waals surface area contributed by atoms with Gasteiger partial charge in [0.15, 0.2) is 9.04 Å². The molecule has 1 nitrogen and oxygen atoms in total. The third-order valence-corrected chi connectivity index (χ3v) is 7.06. The highest BCUT2D eigenvalue weighted by atomic mass is 28.3. The first-order chi connectivity index (χ1) is 10.4. The molecule has 1 atom stereocenters. The highest BCUT2D eigenvalue weighted by Crippen LogP contribution is 2.27. The van der Waals surface area contributed by atoms with Crippen LogP contribution in [0.2, 0.25) is 12.1 Å². The van der Waals surface area contributed by atoms with Crippen molar-refractivity contribution in [2.45, 2.75) is 38.3 Å². The molecule has 2 aliphatic rings. The molecule has 21 heavy (non-hydrogen) atoms. The molecule has 1 aliphatic heterocycles. The topological polar surface area (TPSA) is 9.23 Å². The highest BCUT2D eigenvalue weighted by molar-refractivity contribution is 6.51. The van der Waals surface area contributed by atoms with Crippen molar-refractivity contribution in [1.29, 1.82) is 0 Å². The summed E-state index contributed by atoms with van der Waals surface area (Å²) in [6.07, 6.45) is 8.27. The van der Waals surface area contributed by atoms with Crippen LogP contribution in [0.25, 0.3) is 16.8 Å². The third kappa shape index (κ3) is 3.45. The molecular weight excluding hydrogens is 272 g/mol. The van der Waals surface area contributed by atoms with Crippen LogP contribution >= 0.6 is 0 Å². The summed E-state index contributed by atoms with van der Waals surface area (Å²) in [5.41, 5.74) is 2.81. The minimum Gasteiger partial charge on any atom is -0.420 e. The van der Waals surface area contributed by atoms with E-state index in [1.807, 2.05) is 0 Å². The summed E-state index contributed by atoms with van der Waals surface area (Å²) in [5.74, 6) is 0. The maximum atomic E-state index is 5.57. The molecule has 0 N–H and O–H groups in total. The van der Waals surface area contributed by atoms with Gasteiger partial charge in [-0.25, -0.2) is 0 Å². The highest BCUT2D eigenvalue weighted by Gasteiger charge is 2.12. The summed E-state index contributed by atoms with van der Waals surface area (Å²) in [7, 11) is -0.605. The lowest BCUT2D eigenvalue weighted by Crippen LogP contribution is -2.21. The Morgan fingerprint density at radius 1 is 1.10 bits per heavy atom. The van der Waals surface area contributed by atoms with Gasteiger partial charge in [-0.2, -0.15) is 0 Å². The van der Waals surface area contributed by atoms with Crippen LogP contribution in [0.4, 0.5) is 0 Å². The number of allylic oxidation sites excluding steroid dienone is 1. The van der Waals surface area contributed by atoms with Gasteiger partial charge in [-0.15, -0.1) is 0 Å². The van der Waals surface area contributed by atoms with E-state index in [-0.39, 0.29) is 0 Å². The number of rotatable bonds is 1. The number of hydrogen-bond acceptors (Lipinski definition) is 1. The van der Waals surface area contributed by atoms with Crippen molar-refractivity contribution in [3.05, 3.63) is 53.6 Å². The molecule has 1 fully saturated rings. The second-order valence-corrected chi connectivity index (χ2v) is 8.84. The average molecular weight is 296 g/mol. The van der Waals surface area contributed by atoms with Crippen molar-refractivity contribution < 1.29 is 4.43 Å². The van der Waals surface area contributed by atoms with Gasteiger partial charge in [0.2, 0.25) is 0 Å². The second-order valence-electron chi connectivity index (χ2n) is 5.87. The Bertz CT molecular complexity index is 621. The fraction of sp³-hybridized carbons (Fsp3) is 0.368. The fourth-order valence-electron chi connectivity index (χ4n) is 3.20. The van der Waals surface area contributed by atoms with E-state index in [1.54, 1.807) is 0 Å². The fourth-order valence-corrected chi connectivity index (χ4v) is 5.26. The zero-order valence-corrected chi connectivity index (χ0v) is 14.0. The van der Waals surface area contributed by atoms with Gasteiger partial charge >= 0.3 is 0 Å². The van der Waals surface area contributed by atoms with Crippen molar-refractivity contribution in [3.63, 3.8) is 0 Å². The van der Waals surface area contributed by atoms with E-state index >= 15 is 0 Å². The zero-order valence-electron chi connectivity index (χ0n) is 12.8. The molecule has 110 valence electrons. The van der Waals surface area contributed by atoms with Crippen LogP contribution < -0.4 is 0 Å². The first-order valence-corrected chi connectivity index (χ1v) is 10.3. The van der Waals surface area contributed by atoms with Crippen molar-refractivity contribution in [1.82, 2.24) is 0 Å². The predicted molar refractivity (Wildman–Crippen MR) is 94.3 cm³/mol. The Labute approximate surface area is 129 Å². The van der Waals surface area contributed by atoms with Crippen molar-refractivity contribution >= 4 is 25.9 Å². The van der Waals surface area contributed by atoms with Gasteiger partial charge in [0.25, 0.3) is 0 Å². The molecule has 2 aromatic rings. The van der Waals surface area contributed by atoms with E-state index in [9.17, 15) is 0 Å². The summed E-state index contributed by atoms with van der Waals surface area (Å²) in [6.45, 7) is 3.31. The van der Waals surface area contributed by atoms with Crippen LogP contribution in [0.5, 0.6) is 0 Å². The molecule has 1 heterocycles. The maximum absolute atomic E-state index is 5.57. The quantitative estimate of drug-likeness (QED) is 0.677. The average Bonchev–Trinajstić information content (AvgIpc) is 2.57. The van der Waals surface area contributed by atoms with E-state index in [2.05, 4.69) is 55.5 Å². The smallest absolute Gasteiger partial charge is 0.176 e. The summed E-state index contributed by atoms with van der Waals surface area (Å²) in [4.78, 5) is 0. The summed E-state index contributed by atoms with van der Waals surface area (Å²) in [5, 5.41) is 2.80. The van der Waals surface area contributed by atoms with E-state index in [4.69, 9.17) is 4.43 Å². The van der Waals surface area contributed by atoms with Crippen LogP contribution in [0.15, 0.2) is 42.5 Å². The number of hydrogen-bond donors (Lipinski definition) is 0. The molecule has 0 spiro atoms. The standard InChI is InChI=1S/C13H10.C6H14OSi/c1-4-10-6-2-8-12-9-3-7-11(5-1)13(10)12;1-2-8-6-4-3-5-7-8/h1-8H,9H2;8H,2-6H2,1H3. The lowest BCUT2D eigenvalue weighted by Gasteiger charge is -2.18. The van der Waals surface area contributed by atoms with Crippen LogP contribution in [-0.2, 0) is 10.8 Å². The molecule has 1 unspecified atom stereocenters. The molecule has 0 saturated carbocycles. The Morgan fingerprint density at radius 2 is 1.95 bits per heavy atom. The van der Waals surface area contributed by atoms with E-state index < -0.39 is 9.04 Å². The van der Waals surface area contributed by atoms with Crippen LogP contribution in [0.3, 0.4) is 0 Å². The molecule has 0 amide bonds. The number of benzene rings is 2. The molecule has 0 radical (unpaired) electrons. The van der Waals surface area contributed by atoms with Gasteiger partial charge < -0.3 is 4.43 Å². The third-order valence-electron chi connectivity index (χ3n) is 4.39. The molecule has 2 aromatic carbocycles. The molecule has 4 rings (SSSR count). The summed E-state index contributed by atoms with van der Waals surface area (Å²) in [6, 6.07) is 15.8. The lowest BCUT2D eigenvalue weighted by molar-refractivity contribution is 0.287. The normalized spacial score (nSPS) is 20.0. The molecule has 1 aliphatic carbocycles. The van der Waals surface area contributed by atoms with Crippen LogP contribution in [0, 0.1) is 0 Å². The first kappa shape index (κ1) is 14.5. The van der Waals surface area contributed by atoms with E-state index in [0.717, 1.165) is 13.0 Å². The Balaban J connectivity index is 0.000000143. The van der Waals surface area contributed by atoms with E-state index in [1.165, 1.54) is 46.8 Å². The molecule has 1 saturated heterocycles. The van der Waals surface area contributed by atoms with Gasteiger partial charge in [-0.1, -0.05) is 61.9 Å². The van der Waals surface area contributed by atoms with Gasteiger partial charge in [-0.05, 0) is 46.8 Å². The first-order valence-electron chi connectivity index (χ1n) is 8.17. The molecule has 2 heteroatoms. The summed E-state index contributed by atoms with van der Waals surface area (Å²) < 4.78 is 5.57. The van der Waals surface area contributed by atoms with Crippen LogP contribution in [-0.4, -0.2) is 15.6 Å². The van der Waals surface area contributed by atoms with Gasteiger partial charge in [-0.3, -0.25) is 0 Å². The van der Waals surface area contributed by atoms with Crippen molar-refractivity contribution in [3.8, 4) is 0 Å². The Kier molecular flexibility index (Phi) is 4.89. The maximum Gasteiger partial charge on any atom is 0.176 e. The van der Waals surface area contributed by atoms with Gasteiger partial charge in [0, 0.05) is 6.61 Å². The van der Waals surface area contributed by atoms with Crippen molar-refractivity contribution in [2.24, 2.45) is 0 Å². The predicted octanol–water partition coefficient (Wildman–Crippen LogP) is 4.95. The Morgan fingerprint density at radius 3 is 2.67 bits per heavy atom. The lowest BCUT2D eigenvalue weighted by atomic mass is 9.93. The molecule has 0 aromatic heterocycles. The largest absolute Gasteiger partial charge is 0.420 e. The van der Waals surface area contributed by atoms with Crippen LogP contribution in [0.1, 0.15) is 30.9 Å². The SMILES string of the molecule is C1=Cc2cccc3cccc(c23)C1.CC[SiH]1CCCCO1. The van der Waals surface area contributed by atoms with Gasteiger partial charge in [0.05, 0.1) is 0 Å². The molecular formula is C19H24OSi. The van der Waals surface area contributed by atoms with Gasteiger partial charge in [0.1, 0.15) is 0 Å². The van der Waals surface area contributed by atoms with Crippen molar-refractivity contribution in [2.75, 3.05) is 6.61 Å².